The van der Waals surface area contributed by atoms with Crippen LogP contribution in [-0.2, 0) is 0 Å². The first-order valence-electron chi connectivity index (χ1n) is 5.91. The average Bonchev–Trinajstić information content (AvgIpc) is 2.66. The van der Waals surface area contributed by atoms with Gasteiger partial charge in [-0.1, -0.05) is 0 Å². The summed E-state index contributed by atoms with van der Waals surface area (Å²) >= 11 is 0. The van der Waals surface area contributed by atoms with Crippen molar-refractivity contribution in [3.63, 3.8) is 0 Å². The number of hydrogen-bond acceptors (Lipinski definition) is 4. The molecule has 1 unspecified atom stereocenters. The lowest BCUT2D eigenvalue weighted by Gasteiger charge is -2.20. The van der Waals surface area contributed by atoms with Crippen molar-refractivity contribution >= 4 is 5.82 Å². The summed E-state index contributed by atoms with van der Waals surface area (Å²) < 4.78 is 0. The van der Waals surface area contributed by atoms with Crippen molar-refractivity contribution in [3.05, 3.63) is 17.6 Å². The monoisotopic (exact) mass is 220 g/mol. The van der Waals surface area contributed by atoms with E-state index in [1.807, 2.05) is 20.0 Å². The van der Waals surface area contributed by atoms with E-state index in [0.717, 1.165) is 23.8 Å². The summed E-state index contributed by atoms with van der Waals surface area (Å²) in [4.78, 5) is 11.2. The van der Waals surface area contributed by atoms with Crippen LogP contribution in [0.3, 0.4) is 0 Å². The van der Waals surface area contributed by atoms with Gasteiger partial charge in [0.25, 0.3) is 0 Å². The number of anilines is 1. The Labute approximate surface area is 97.1 Å². The highest BCUT2D eigenvalue weighted by Crippen LogP contribution is 2.16. The van der Waals surface area contributed by atoms with Gasteiger partial charge in [-0.2, -0.15) is 0 Å². The third-order valence-electron chi connectivity index (χ3n) is 3.25. The van der Waals surface area contributed by atoms with Gasteiger partial charge in [0.15, 0.2) is 0 Å². The molecule has 1 saturated heterocycles. The molecule has 0 bridgehead atoms. The van der Waals surface area contributed by atoms with E-state index in [1.165, 1.54) is 19.4 Å². The molecule has 1 atom stereocenters. The number of hydrogen-bond donors (Lipinski definition) is 1. The summed E-state index contributed by atoms with van der Waals surface area (Å²) in [6.45, 7) is 6.15. The zero-order valence-corrected chi connectivity index (χ0v) is 10.3. The number of likely N-dealkylation sites (tertiary alicyclic amines) is 1. The van der Waals surface area contributed by atoms with E-state index in [4.69, 9.17) is 0 Å². The molecule has 0 saturated carbocycles. The van der Waals surface area contributed by atoms with Gasteiger partial charge in [0, 0.05) is 18.8 Å². The second-order valence-electron chi connectivity index (χ2n) is 4.60. The number of nitrogens with one attached hydrogen (secondary N) is 1. The number of nitrogens with zero attached hydrogens (tertiary/aromatic N) is 3. The van der Waals surface area contributed by atoms with Gasteiger partial charge in [-0.3, -0.25) is 4.98 Å². The average molecular weight is 220 g/mol. The molecule has 1 aliphatic heterocycles. The maximum absolute atomic E-state index is 4.47. The van der Waals surface area contributed by atoms with Gasteiger partial charge < -0.3 is 10.2 Å². The van der Waals surface area contributed by atoms with Crippen LogP contribution in [0.15, 0.2) is 6.20 Å². The first kappa shape index (κ1) is 11.3. The molecule has 2 heterocycles. The fourth-order valence-corrected chi connectivity index (χ4v) is 2.16. The number of aromatic nitrogens is 2. The van der Waals surface area contributed by atoms with E-state index in [0.29, 0.717) is 6.04 Å². The Morgan fingerprint density at radius 3 is 3.00 bits per heavy atom. The zero-order chi connectivity index (χ0) is 11.5. The normalized spacial score (nSPS) is 21.3. The van der Waals surface area contributed by atoms with E-state index < -0.39 is 0 Å². The van der Waals surface area contributed by atoms with E-state index in [2.05, 4.69) is 27.2 Å². The van der Waals surface area contributed by atoms with Crippen LogP contribution in [-0.4, -0.2) is 41.0 Å². The van der Waals surface area contributed by atoms with Crippen LogP contribution in [0, 0.1) is 13.8 Å². The number of likely N-dealkylation sites (N-methyl/N-ethyl adjacent to an activating group) is 1. The Morgan fingerprint density at radius 1 is 1.50 bits per heavy atom. The van der Waals surface area contributed by atoms with Gasteiger partial charge in [-0.25, -0.2) is 4.98 Å². The molecule has 0 spiro atoms. The highest BCUT2D eigenvalue weighted by molar-refractivity contribution is 5.39. The molecule has 88 valence electrons. The van der Waals surface area contributed by atoms with Crippen LogP contribution in [0.5, 0.6) is 0 Å². The van der Waals surface area contributed by atoms with Crippen LogP contribution >= 0.6 is 0 Å². The summed E-state index contributed by atoms with van der Waals surface area (Å²) in [6, 6.07) is 0.640. The Bertz CT molecular complexity index is 364. The van der Waals surface area contributed by atoms with Crippen molar-refractivity contribution in [2.75, 3.05) is 25.5 Å². The second-order valence-corrected chi connectivity index (χ2v) is 4.60. The predicted octanol–water partition coefficient (Wildman–Crippen LogP) is 1.60. The van der Waals surface area contributed by atoms with Crippen molar-refractivity contribution in [1.82, 2.24) is 14.9 Å². The van der Waals surface area contributed by atoms with Crippen molar-refractivity contribution in [1.29, 1.82) is 0 Å². The van der Waals surface area contributed by atoms with Gasteiger partial charge in [0.05, 0.1) is 11.4 Å². The molecular weight excluding hydrogens is 200 g/mol. The Hall–Kier alpha value is -1.16. The highest BCUT2D eigenvalue weighted by Gasteiger charge is 2.20. The number of aryl methyl sites for hydroxylation is 2. The van der Waals surface area contributed by atoms with Crippen LogP contribution in [0.1, 0.15) is 24.2 Å². The molecule has 0 aliphatic carbocycles. The van der Waals surface area contributed by atoms with Crippen molar-refractivity contribution in [2.45, 2.75) is 32.7 Å². The molecule has 0 aromatic carbocycles. The first-order valence-corrected chi connectivity index (χ1v) is 5.91. The van der Waals surface area contributed by atoms with E-state index in [-0.39, 0.29) is 0 Å². The summed E-state index contributed by atoms with van der Waals surface area (Å²) in [5.41, 5.74) is 1.94. The van der Waals surface area contributed by atoms with E-state index in [1.54, 1.807) is 0 Å². The maximum atomic E-state index is 4.47. The molecule has 1 aliphatic rings. The minimum atomic E-state index is 0.640. The summed E-state index contributed by atoms with van der Waals surface area (Å²) in [7, 11) is 2.19. The highest BCUT2D eigenvalue weighted by atomic mass is 15.2. The molecule has 1 aromatic rings. The first-order chi connectivity index (χ1) is 7.66. The topological polar surface area (TPSA) is 41.1 Å². The number of rotatable bonds is 3. The molecule has 2 rings (SSSR count). The van der Waals surface area contributed by atoms with Crippen LogP contribution < -0.4 is 5.32 Å². The third-order valence-corrected chi connectivity index (χ3v) is 3.25. The fraction of sp³-hybridized carbons (Fsp3) is 0.667. The maximum Gasteiger partial charge on any atom is 0.147 e. The van der Waals surface area contributed by atoms with Crippen LogP contribution in [0.25, 0.3) is 0 Å². The zero-order valence-electron chi connectivity index (χ0n) is 10.3. The van der Waals surface area contributed by atoms with Crippen LogP contribution in [0.4, 0.5) is 5.82 Å². The van der Waals surface area contributed by atoms with E-state index >= 15 is 0 Å². The van der Waals surface area contributed by atoms with Gasteiger partial charge in [-0.15, -0.1) is 0 Å². The molecule has 1 fully saturated rings. The molecule has 1 aromatic heterocycles. The van der Waals surface area contributed by atoms with Gasteiger partial charge >= 0.3 is 0 Å². The molecular formula is C12H20N4. The largest absolute Gasteiger partial charge is 0.367 e. The Kier molecular flexibility index (Phi) is 3.39. The molecule has 16 heavy (non-hydrogen) atoms. The molecule has 0 amide bonds. The molecule has 4 nitrogen and oxygen atoms in total. The minimum absolute atomic E-state index is 0.640. The van der Waals surface area contributed by atoms with Crippen LogP contribution in [0.2, 0.25) is 0 Å². The van der Waals surface area contributed by atoms with Crippen molar-refractivity contribution in [2.24, 2.45) is 0 Å². The molecule has 1 N–H and O–H groups in total. The van der Waals surface area contributed by atoms with Gasteiger partial charge in [0.1, 0.15) is 5.82 Å². The standard InChI is InChI=1S/C12H20N4/c1-9-7-13-10(2)12(15-9)14-8-11-5-4-6-16(11)3/h7,11H,4-6,8H2,1-3H3,(H,14,15). The molecule has 4 heteroatoms. The summed E-state index contributed by atoms with van der Waals surface area (Å²) in [5.74, 6) is 0.931. The van der Waals surface area contributed by atoms with Gasteiger partial charge in [-0.05, 0) is 40.3 Å². The lowest BCUT2D eigenvalue weighted by atomic mass is 10.2. The Balaban J connectivity index is 1.96. The molecule has 0 radical (unpaired) electrons. The van der Waals surface area contributed by atoms with Crippen molar-refractivity contribution < 1.29 is 0 Å². The minimum Gasteiger partial charge on any atom is -0.367 e. The third kappa shape index (κ3) is 2.50. The quantitative estimate of drug-likeness (QED) is 0.840. The predicted molar refractivity (Wildman–Crippen MR) is 65.6 cm³/mol. The summed E-state index contributed by atoms with van der Waals surface area (Å²) in [6.07, 6.45) is 4.39. The van der Waals surface area contributed by atoms with Crippen molar-refractivity contribution in [3.8, 4) is 0 Å². The van der Waals surface area contributed by atoms with E-state index in [9.17, 15) is 0 Å². The summed E-state index contributed by atoms with van der Waals surface area (Å²) in [5, 5.41) is 3.41. The second kappa shape index (κ2) is 4.78. The Morgan fingerprint density at radius 2 is 2.31 bits per heavy atom. The SMILES string of the molecule is Cc1cnc(C)c(NCC2CCCN2C)n1. The smallest absolute Gasteiger partial charge is 0.147 e. The van der Waals surface area contributed by atoms with Gasteiger partial charge in [0.2, 0.25) is 0 Å². The lowest BCUT2D eigenvalue weighted by molar-refractivity contribution is 0.322. The lowest BCUT2D eigenvalue weighted by Crippen LogP contribution is -2.32. The fourth-order valence-electron chi connectivity index (χ4n) is 2.16.